The van der Waals surface area contributed by atoms with Crippen LogP contribution in [-0.4, -0.2) is 48.8 Å². The molecule has 1 fully saturated rings. The summed E-state index contributed by atoms with van der Waals surface area (Å²) in [4.78, 5) is 37.6. The summed E-state index contributed by atoms with van der Waals surface area (Å²) in [7, 11) is 0. The van der Waals surface area contributed by atoms with Gasteiger partial charge in [-0.2, -0.15) is 0 Å². The molecule has 2 heterocycles. The van der Waals surface area contributed by atoms with E-state index >= 15 is 0 Å². The number of nitrogens with zero attached hydrogens (tertiary/aromatic N) is 1. The first-order chi connectivity index (χ1) is 11.5. The van der Waals surface area contributed by atoms with Crippen molar-refractivity contribution in [3.05, 3.63) is 22.6 Å². The van der Waals surface area contributed by atoms with Crippen molar-refractivity contribution >= 4 is 33.7 Å². The maximum absolute atomic E-state index is 12.2. The summed E-state index contributed by atoms with van der Waals surface area (Å²) < 4.78 is 5.59. The van der Waals surface area contributed by atoms with Gasteiger partial charge in [0.05, 0.1) is 6.54 Å². The van der Waals surface area contributed by atoms with Crippen molar-refractivity contribution in [1.29, 1.82) is 0 Å². The fourth-order valence-electron chi connectivity index (χ4n) is 2.57. The molecule has 0 bridgehead atoms. The summed E-state index contributed by atoms with van der Waals surface area (Å²) in [6, 6.07) is 3.15. The minimum absolute atomic E-state index is 0.0318. The number of hydrogen-bond donors (Lipinski definition) is 2. The Bertz CT molecular complexity index is 594. The second-order valence-electron chi connectivity index (χ2n) is 5.73. The normalized spacial score (nSPS) is 15.2. The van der Waals surface area contributed by atoms with E-state index < -0.39 is 5.91 Å². The summed E-state index contributed by atoms with van der Waals surface area (Å²) in [5, 5.41) is 5.44. The number of rotatable bonds is 6. The summed E-state index contributed by atoms with van der Waals surface area (Å²) in [6.07, 6.45) is 2.22. The van der Waals surface area contributed by atoms with Gasteiger partial charge in [0.1, 0.15) is 0 Å². The molecule has 24 heavy (non-hydrogen) atoms. The number of furan rings is 1. The average Bonchev–Trinajstić information content (AvgIpc) is 3.04. The molecule has 0 unspecified atom stereocenters. The van der Waals surface area contributed by atoms with Crippen molar-refractivity contribution in [3.63, 3.8) is 0 Å². The lowest BCUT2D eigenvalue weighted by atomic mass is 9.96. The minimum atomic E-state index is -0.428. The predicted molar refractivity (Wildman–Crippen MR) is 91.3 cm³/mol. The zero-order valence-corrected chi connectivity index (χ0v) is 15.2. The van der Waals surface area contributed by atoms with Crippen LogP contribution < -0.4 is 10.6 Å². The van der Waals surface area contributed by atoms with Gasteiger partial charge in [-0.1, -0.05) is 6.92 Å². The van der Waals surface area contributed by atoms with Crippen LogP contribution in [-0.2, 0) is 9.59 Å². The topological polar surface area (TPSA) is 91.7 Å². The van der Waals surface area contributed by atoms with Gasteiger partial charge in [0.2, 0.25) is 11.8 Å². The molecular formula is C16H22BrN3O4. The molecule has 1 aliphatic heterocycles. The highest BCUT2D eigenvalue weighted by Crippen LogP contribution is 2.17. The predicted octanol–water partition coefficient (Wildman–Crippen LogP) is 1.54. The van der Waals surface area contributed by atoms with Gasteiger partial charge in [0, 0.05) is 25.6 Å². The van der Waals surface area contributed by atoms with Crippen molar-refractivity contribution in [1.82, 2.24) is 15.5 Å². The third-order valence-corrected chi connectivity index (χ3v) is 4.39. The highest BCUT2D eigenvalue weighted by molar-refractivity contribution is 9.10. The lowest BCUT2D eigenvalue weighted by molar-refractivity contribution is -0.134. The molecule has 1 aliphatic rings. The maximum atomic E-state index is 12.2. The van der Waals surface area contributed by atoms with Gasteiger partial charge in [0.15, 0.2) is 10.4 Å². The van der Waals surface area contributed by atoms with Crippen LogP contribution in [0.25, 0.3) is 0 Å². The first-order valence-corrected chi connectivity index (χ1v) is 8.89. The Morgan fingerprint density at radius 2 is 1.96 bits per heavy atom. The number of halogens is 1. The van der Waals surface area contributed by atoms with Crippen molar-refractivity contribution in [2.75, 3.05) is 26.2 Å². The highest BCUT2D eigenvalue weighted by Gasteiger charge is 2.27. The summed E-state index contributed by atoms with van der Waals surface area (Å²) in [6.45, 7) is 3.68. The van der Waals surface area contributed by atoms with Crippen LogP contribution in [0.1, 0.15) is 36.7 Å². The van der Waals surface area contributed by atoms with E-state index in [0.29, 0.717) is 37.1 Å². The summed E-state index contributed by atoms with van der Waals surface area (Å²) in [5.41, 5.74) is 0. The molecule has 3 amide bonds. The second-order valence-corrected chi connectivity index (χ2v) is 6.51. The Labute approximate surface area is 149 Å². The fraction of sp³-hybridized carbons (Fsp3) is 0.562. The van der Waals surface area contributed by atoms with Gasteiger partial charge in [-0.25, -0.2) is 0 Å². The Hall–Kier alpha value is -1.83. The molecule has 2 N–H and O–H groups in total. The highest BCUT2D eigenvalue weighted by atomic mass is 79.9. The van der Waals surface area contributed by atoms with E-state index in [4.69, 9.17) is 4.42 Å². The Balaban J connectivity index is 1.72. The fourth-order valence-corrected chi connectivity index (χ4v) is 2.88. The zero-order chi connectivity index (χ0) is 17.5. The number of hydrogen-bond acceptors (Lipinski definition) is 4. The van der Waals surface area contributed by atoms with Gasteiger partial charge in [-0.15, -0.1) is 0 Å². The SMILES string of the molecule is CCCNC(=O)C1CCN(C(=O)CNC(=O)c2ccc(Br)o2)CC1. The Morgan fingerprint density at radius 3 is 2.54 bits per heavy atom. The van der Waals surface area contributed by atoms with Gasteiger partial charge in [-0.05, 0) is 47.3 Å². The van der Waals surface area contributed by atoms with Gasteiger partial charge in [0.25, 0.3) is 5.91 Å². The van der Waals surface area contributed by atoms with Gasteiger partial charge >= 0.3 is 0 Å². The van der Waals surface area contributed by atoms with E-state index in [1.54, 1.807) is 11.0 Å². The van der Waals surface area contributed by atoms with Crippen molar-refractivity contribution < 1.29 is 18.8 Å². The molecule has 8 heteroatoms. The van der Waals surface area contributed by atoms with Crippen LogP contribution in [0.3, 0.4) is 0 Å². The third kappa shape index (κ3) is 5.09. The van der Waals surface area contributed by atoms with E-state index in [9.17, 15) is 14.4 Å². The monoisotopic (exact) mass is 399 g/mol. The van der Waals surface area contributed by atoms with Gasteiger partial charge in [-0.3, -0.25) is 14.4 Å². The number of carbonyl (C=O) groups excluding carboxylic acids is 3. The molecule has 2 rings (SSSR count). The van der Waals surface area contributed by atoms with Crippen molar-refractivity contribution in [2.24, 2.45) is 5.92 Å². The van der Waals surface area contributed by atoms with Crippen LogP contribution >= 0.6 is 15.9 Å². The van der Waals surface area contributed by atoms with E-state index in [0.717, 1.165) is 6.42 Å². The Kier molecular flexibility index (Phi) is 6.84. The van der Waals surface area contributed by atoms with Gasteiger partial charge < -0.3 is 20.0 Å². The smallest absolute Gasteiger partial charge is 0.287 e. The first kappa shape index (κ1) is 18.5. The van der Waals surface area contributed by atoms with Crippen LogP contribution in [0, 0.1) is 5.92 Å². The van der Waals surface area contributed by atoms with Crippen LogP contribution in [0.5, 0.6) is 0 Å². The summed E-state index contributed by atoms with van der Waals surface area (Å²) >= 11 is 3.12. The lowest BCUT2D eigenvalue weighted by Crippen LogP contribution is -2.46. The number of carbonyl (C=O) groups is 3. The number of piperidine rings is 1. The van der Waals surface area contributed by atoms with E-state index in [1.807, 2.05) is 6.92 Å². The molecule has 1 saturated heterocycles. The van der Waals surface area contributed by atoms with Crippen molar-refractivity contribution in [2.45, 2.75) is 26.2 Å². The molecule has 0 saturated carbocycles. The standard InChI is InChI=1S/C16H22BrN3O4/c1-2-7-18-15(22)11-5-8-20(9-6-11)14(21)10-19-16(23)12-3-4-13(17)24-12/h3-4,11H,2,5-10H2,1H3,(H,18,22)(H,19,23). The second kappa shape index (κ2) is 8.86. The first-order valence-electron chi connectivity index (χ1n) is 8.10. The molecular weight excluding hydrogens is 378 g/mol. The number of likely N-dealkylation sites (tertiary alicyclic amines) is 1. The molecule has 7 nitrogen and oxygen atoms in total. The number of nitrogens with one attached hydrogen (secondary N) is 2. The maximum Gasteiger partial charge on any atom is 0.287 e. The minimum Gasteiger partial charge on any atom is -0.444 e. The Morgan fingerprint density at radius 1 is 1.25 bits per heavy atom. The molecule has 0 atom stereocenters. The molecule has 0 radical (unpaired) electrons. The summed E-state index contributed by atoms with van der Waals surface area (Å²) in [5.74, 6) is -0.387. The zero-order valence-electron chi connectivity index (χ0n) is 13.6. The van der Waals surface area contributed by atoms with Crippen LogP contribution in [0.4, 0.5) is 0 Å². The van der Waals surface area contributed by atoms with Crippen molar-refractivity contribution in [3.8, 4) is 0 Å². The molecule has 0 aromatic carbocycles. The van der Waals surface area contributed by atoms with Crippen LogP contribution in [0.15, 0.2) is 21.2 Å². The molecule has 132 valence electrons. The van der Waals surface area contributed by atoms with E-state index in [-0.39, 0.29) is 30.0 Å². The molecule has 1 aromatic heterocycles. The largest absolute Gasteiger partial charge is 0.444 e. The molecule has 0 spiro atoms. The molecule has 1 aromatic rings. The van der Waals surface area contributed by atoms with E-state index in [2.05, 4.69) is 26.6 Å². The number of amides is 3. The molecule has 0 aliphatic carbocycles. The lowest BCUT2D eigenvalue weighted by Gasteiger charge is -2.31. The quantitative estimate of drug-likeness (QED) is 0.758. The average molecular weight is 400 g/mol. The van der Waals surface area contributed by atoms with E-state index in [1.165, 1.54) is 6.07 Å². The third-order valence-electron chi connectivity index (χ3n) is 3.96. The van der Waals surface area contributed by atoms with Crippen LogP contribution in [0.2, 0.25) is 0 Å².